The maximum atomic E-state index is 5.54. The van der Waals surface area contributed by atoms with Crippen molar-refractivity contribution in [2.45, 2.75) is 19.8 Å². The van der Waals surface area contributed by atoms with E-state index in [1.807, 2.05) is 6.07 Å². The molecule has 112 valence electrons. The Morgan fingerprint density at radius 3 is 2.50 bits per heavy atom. The highest BCUT2D eigenvalue weighted by Crippen LogP contribution is 2.34. The zero-order chi connectivity index (χ0) is 14.4. The molecule has 0 saturated carbocycles. The summed E-state index contributed by atoms with van der Waals surface area (Å²) in [5.41, 5.74) is 2.66. The summed E-state index contributed by atoms with van der Waals surface area (Å²) in [4.78, 5) is 2.52. The average Bonchev–Trinajstić information content (AvgIpc) is 2.52. The molecule has 1 aromatic rings. The number of nitrogens with one attached hydrogen (secondary N) is 1. The smallest absolute Gasteiger partial charge is 0.164 e. The Morgan fingerprint density at radius 2 is 1.90 bits per heavy atom. The van der Waals surface area contributed by atoms with Crippen LogP contribution in [-0.4, -0.2) is 51.8 Å². The van der Waals surface area contributed by atoms with Gasteiger partial charge in [-0.25, -0.2) is 0 Å². The number of ether oxygens (including phenoxy) is 2. The van der Waals surface area contributed by atoms with Gasteiger partial charge in [-0.3, -0.25) is 0 Å². The summed E-state index contributed by atoms with van der Waals surface area (Å²) in [6.07, 6.45) is 2.04. The predicted molar refractivity (Wildman–Crippen MR) is 81.9 cm³/mol. The van der Waals surface area contributed by atoms with Gasteiger partial charge in [0.05, 0.1) is 14.2 Å². The highest BCUT2D eigenvalue weighted by Gasteiger charge is 2.15. The Kier molecular flexibility index (Phi) is 5.68. The van der Waals surface area contributed by atoms with E-state index in [4.69, 9.17) is 9.47 Å². The summed E-state index contributed by atoms with van der Waals surface area (Å²) in [7, 11) is 3.41. The fourth-order valence-electron chi connectivity index (χ4n) is 2.87. The third-order valence-corrected chi connectivity index (χ3v) is 4.01. The van der Waals surface area contributed by atoms with Crippen molar-refractivity contribution in [2.75, 3.05) is 46.9 Å². The van der Waals surface area contributed by atoms with Crippen LogP contribution in [0.3, 0.4) is 0 Å². The molecule has 1 N–H and O–H groups in total. The van der Waals surface area contributed by atoms with Gasteiger partial charge in [-0.1, -0.05) is 13.0 Å². The number of nitrogens with zero attached hydrogens (tertiary/aromatic N) is 1. The van der Waals surface area contributed by atoms with Crippen molar-refractivity contribution in [2.24, 2.45) is 0 Å². The minimum atomic E-state index is 0.829. The SMILES string of the molecule is CCc1c(CCN2CCNCC2)ccc(OC)c1OC. The van der Waals surface area contributed by atoms with Crippen LogP contribution in [0.4, 0.5) is 0 Å². The maximum Gasteiger partial charge on any atom is 0.164 e. The maximum absolute atomic E-state index is 5.54. The summed E-state index contributed by atoms with van der Waals surface area (Å²) in [6, 6.07) is 4.20. The fraction of sp³-hybridized carbons (Fsp3) is 0.625. The molecule has 0 spiro atoms. The van der Waals surface area contributed by atoms with Gasteiger partial charge in [-0.15, -0.1) is 0 Å². The van der Waals surface area contributed by atoms with E-state index in [-0.39, 0.29) is 0 Å². The van der Waals surface area contributed by atoms with Gasteiger partial charge < -0.3 is 19.7 Å². The van der Waals surface area contributed by atoms with Crippen LogP contribution in [-0.2, 0) is 12.8 Å². The molecule has 1 saturated heterocycles. The predicted octanol–water partition coefficient (Wildman–Crippen LogP) is 1.71. The lowest BCUT2D eigenvalue weighted by Crippen LogP contribution is -2.44. The number of piperazine rings is 1. The van der Waals surface area contributed by atoms with Gasteiger partial charge in [-0.2, -0.15) is 0 Å². The molecule has 0 unspecified atom stereocenters. The molecule has 1 heterocycles. The fourth-order valence-corrected chi connectivity index (χ4v) is 2.87. The third-order valence-electron chi connectivity index (χ3n) is 4.01. The first kappa shape index (κ1) is 15.1. The van der Waals surface area contributed by atoms with Crippen LogP contribution < -0.4 is 14.8 Å². The molecule has 0 aliphatic carbocycles. The van der Waals surface area contributed by atoms with Crippen molar-refractivity contribution in [3.05, 3.63) is 23.3 Å². The Labute approximate surface area is 122 Å². The van der Waals surface area contributed by atoms with Crippen LogP contribution in [0.5, 0.6) is 11.5 Å². The third kappa shape index (κ3) is 3.44. The van der Waals surface area contributed by atoms with Gasteiger partial charge in [0, 0.05) is 38.3 Å². The molecule has 1 aliphatic rings. The summed E-state index contributed by atoms with van der Waals surface area (Å²) >= 11 is 0. The first-order valence-electron chi connectivity index (χ1n) is 7.46. The standard InChI is InChI=1S/C16H26N2O2/c1-4-14-13(5-6-15(19-2)16(14)20-3)7-10-18-11-8-17-9-12-18/h5-6,17H,4,7-12H2,1-3H3. The van der Waals surface area contributed by atoms with Crippen molar-refractivity contribution in [1.29, 1.82) is 0 Å². The molecular formula is C16H26N2O2. The summed E-state index contributed by atoms with van der Waals surface area (Å²) in [5.74, 6) is 1.73. The normalized spacial score (nSPS) is 16.1. The van der Waals surface area contributed by atoms with Crippen molar-refractivity contribution in [3.63, 3.8) is 0 Å². The van der Waals surface area contributed by atoms with Crippen LogP contribution in [0.2, 0.25) is 0 Å². The lowest BCUT2D eigenvalue weighted by molar-refractivity contribution is 0.243. The van der Waals surface area contributed by atoms with E-state index in [1.165, 1.54) is 11.1 Å². The first-order chi connectivity index (χ1) is 9.80. The lowest BCUT2D eigenvalue weighted by Gasteiger charge is -2.27. The Morgan fingerprint density at radius 1 is 1.15 bits per heavy atom. The summed E-state index contributed by atoms with van der Waals surface area (Å²) in [6.45, 7) is 7.79. The molecule has 0 amide bonds. The molecule has 1 fully saturated rings. The van der Waals surface area contributed by atoms with E-state index in [1.54, 1.807) is 14.2 Å². The van der Waals surface area contributed by atoms with Gasteiger partial charge in [0.25, 0.3) is 0 Å². The van der Waals surface area contributed by atoms with Gasteiger partial charge >= 0.3 is 0 Å². The molecule has 20 heavy (non-hydrogen) atoms. The van der Waals surface area contributed by atoms with Crippen molar-refractivity contribution in [3.8, 4) is 11.5 Å². The molecule has 1 aromatic carbocycles. The average molecular weight is 278 g/mol. The van der Waals surface area contributed by atoms with Crippen LogP contribution in [0.15, 0.2) is 12.1 Å². The minimum Gasteiger partial charge on any atom is -0.493 e. The summed E-state index contributed by atoms with van der Waals surface area (Å²) < 4.78 is 10.9. The second kappa shape index (κ2) is 7.50. The molecule has 4 heteroatoms. The molecule has 0 radical (unpaired) electrons. The largest absolute Gasteiger partial charge is 0.493 e. The van der Waals surface area contributed by atoms with Gasteiger partial charge in [0.2, 0.25) is 0 Å². The zero-order valence-electron chi connectivity index (χ0n) is 12.9. The van der Waals surface area contributed by atoms with Crippen LogP contribution >= 0.6 is 0 Å². The van der Waals surface area contributed by atoms with Gasteiger partial charge in [0.15, 0.2) is 11.5 Å². The quantitative estimate of drug-likeness (QED) is 0.859. The van der Waals surface area contributed by atoms with Crippen LogP contribution in [0.1, 0.15) is 18.1 Å². The monoisotopic (exact) mass is 278 g/mol. The van der Waals surface area contributed by atoms with Crippen LogP contribution in [0, 0.1) is 0 Å². The Balaban J connectivity index is 2.10. The molecule has 0 aromatic heterocycles. The van der Waals surface area contributed by atoms with Crippen LogP contribution in [0.25, 0.3) is 0 Å². The number of rotatable bonds is 6. The lowest BCUT2D eigenvalue weighted by atomic mass is 10.00. The van der Waals surface area contributed by atoms with Crippen molar-refractivity contribution >= 4 is 0 Å². The van der Waals surface area contributed by atoms with Crippen molar-refractivity contribution in [1.82, 2.24) is 10.2 Å². The molecular weight excluding hydrogens is 252 g/mol. The van der Waals surface area contributed by atoms with E-state index in [0.29, 0.717) is 0 Å². The second-order valence-electron chi connectivity index (χ2n) is 5.13. The molecule has 0 atom stereocenters. The first-order valence-corrected chi connectivity index (χ1v) is 7.46. The van der Waals surface area contributed by atoms with Crippen molar-refractivity contribution < 1.29 is 9.47 Å². The topological polar surface area (TPSA) is 33.7 Å². The highest BCUT2D eigenvalue weighted by molar-refractivity contribution is 5.51. The van der Waals surface area contributed by atoms with Gasteiger partial charge in [0.1, 0.15) is 0 Å². The number of benzene rings is 1. The highest BCUT2D eigenvalue weighted by atomic mass is 16.5. The number of hydrogen-bond acceptors (Lipinski definition) is 4. The minimum absolute atomic E-state index is 0.829. The van der Waals surface area contributed by atoms with E-state index in [9.17, 15) is 0 Å². The molecule has 1 aliphatic heterocycles. The zero-order valence-corrected chi connectivity index (χ0v) is 12.9. The van der Waals surface area contributed by atoms with Gasteiger partial charge in [-0.05, 0) is 24.5 Å². The Hall–Kier alpha value is -1.26. The van der Waals surface area contributed by atoms with E-state index < -0.39 is 0 Å². The van der Waals surface area contributed by atoms with E-state index in [0.717, 1.165) is 57.1 Å². The molecule has 0 bridgehead atoms. The second-order valence-corrected chi connectivity index (χ2v) is 5.13. The molecule has 4 nitrogen and oxygen atoms in total. The molecule has 2 rings (SSSR count). The number of methoxy groups -OCH3 is 2. The Bertz CT molecular complexity index is 429. The number of hydrogen-bond donors (Lipinski definition) is 1. The summed E-state index contributed by atoms with van der Waals surface area (Å²) in [5, 5.41) is 3.39. The van der Waals surface area contributed by atoms with E-state index in [2.05, 4.69) is 23.2 Å². The van der Waals surface area contributed by atoms with E-state index >= 15 is 0 Å².